The molecule has 4 heteroatoms. The smallest absolute Gasteiger partial charge is 0.123 e. The van der Waals surface area contributed by atoms with Crippen molar-refractivity contribution in [3.05, 3.63) is 29.8 Å². The number of nitrogens with one attached hydrogen (secondary N) is 1. The lowest BCUT2D eigenvalue weighted by atomic mass is 10.0. The average molecular weight is 290 g/mol. The fourth-order valence-electron chi connectivity index (χ4n) is 3.38. The summed E-state index contributed by atoms with van der Waals surface area (Å²) in [5.41, 5.74) is 1.24. The van der Waals surface area contributed by atoms with Crippen molar-refractivity contribution >= 4 is 0 Å². The van der Waals surface area contributed by atoms with Crippen molar-refractivity contribution in [1.82, 2.24) is 10.2 Å². The van der Waals surface area contributed by atoms with Gasteiger partial charge in [-0.1, -0.05) is 18.2 Å². The second-order valence-electron chi connectivity index (χ2n) is 6.02. The second kappa shape index (κ2) is 7.25. The maximum absolute atomic E-state index is 5.50. The molecule has 1 N–H and O–H groups in total. The van der Waals surface area contributed by atoms with Crippen LogP contribution in [-0.2, 0) is 11.3 Å². The van der Waals surface area contributed by atoms with Gasteiger partial charge in [0.1, 0.15) is 5.75 Å². The number of hydrogen-bond acceptors (Lipinski definition) is 4. The van der Waals surface area contributed by atoms with Crippen LogP contribution in [0.3, 0.4) is 0 Å². The maximum atomic E-state index is 5.50. The molecule has 2 fully saturated rings. The van der Waals surface area contributed by atoms with E-state index in [0.29, 0.717) is 12.1 Å². The number of nitrogens with zero attached hydrogens (tertiary/aromatic N) is 1. The monoisotopic (exact) mass is 290 g/mol. The van der Waals surface area contributed by atoms with Crippen LogP contribution in [-0.4, -0.2) is 50.4 Å². The Morgan fingerprint density at radius 1 is 1.24 bits per heavy atom. The molecule has 1 atom stereocenters. The molecule has 0 aromatic heterocycles. The van der Waals surface area contributed by atoms with Crippen molar-refractivity contribution in [2.45, 2.75) is 37.9 Å². The van der Waals surface area contributed by atoms with Crippen LogP contribution in [0.25, 0.3) is 0 Å². The summed E-state index contributed by atoms with van der Waals surface area (Å²) in [6, 6.07) is 9.54. The Kier molecular flexibility index (Phi) is 5.12. The molecule has 0 amide bonds. The quantitative estimate of drug-likeness (QED) is 0.900. The zero-order chi connectivity index (χ0) is 14.5. The minimum Gasteiger partial charge on any atom is -0.496 e. The highest BCUT2D eigenvalue weighted by molar-refractivity contribution is 5.33. The Morgan fingerprint density at radius 3 is 2.76 bits per heavy atom. The third-order valence-corrected chi connectivity index (χ3v) is 4.73. The van der Waals surface area contributed by atoms with Crippen LogP contribution in [0.2, 0.25) is 0 Å². The highest BCUT2D eigenvalue weighted by Crippen LogP contribution is 2.20. The van der Waals surface area contributed by atoms with E-state index in [1.54, 1.807) is 7.11 Å². The molecular formula is C17H26N2O2. The van der Waals surface area contributed by atoms with Crippen LogP contribution in [0.4, 0.5) is 0 Å². The van der Waals surface area contributed by atoms with E-state index in [1.807, 2.05) is 12.1 Å². The Balaban J connectivity index is 1.45. The summed E-state index contributed by atoms with van der Waals surface area (Å²) in [5.74, 6) is 0.977. The van der Waals surface area contributed by atoms with Gasteiger partial charge in [-0.25, -0.2) is 0 Å². The second-order valence-corrected chi connectivity index (χ2v) is 6.02. The summed E-state index contributed by atoms with van der Waals surface area (Å²) in [6.45, 7) is 5.15. The zero-order valence-corrected chi connectivity index (χ0v) is 12.9. The molecular weight excluding hydrogens is 264 g/mol. The molecule has 2 saturated heterocycles. The molecule has 0 aliphatic carbocycles. The predicted molar refractivity (Wildman–Crippen MR) is 83.7 cm³/mol. The Bertz CT molecular complexity index is 438. The molecule has 1 aromatic carbocycles. The topological polar surface area (TPSA) is 33.7 Å². The van der Waals surface area contributed by atoms with Crippen molar-refractivity contribution in [2.75, 3.05) is 33.4 Å². The van der Waals surface area contributed by atoms with Gasteiger partial charge in [0.2, 0.25) is 0 Å². The first kappa shape index (κ1) is 14.8. The molecule has 2 aliphatic rings. The van der Waals surface area contributed by atoms with Gasteiger partial charge in [-0.2, -0.15) is 0 Å². The first-order valence-electron chi connectivity index (χ1n) is 8.04. The molecule has 21 heavy (non-hydrogen) atoms. The molecule has 0 spiro atoms. The van der Waals surface area contributed by atoms with Gasteiger partial charge in [0.15, 0.2) is 0 Å². The third-order valence-electron chi connectivity index (χ3n) is 4.73. The highest BCUT2D eigenvalue weighted by atomic mass is 16.5. The normalized spacial score (nSPS) is 24.3. The van der Waals surface area contributed by atoms with E-state index in [9.17, 15) is 0 Å². The van der Waals surface area contributed by atoms with Gasteiger partial charge in [-0.3, -0.25) is 4.90 Å². The zero-order valence-electron chi connectivity index (χ0n) is 12.9. The van der Waals surface area contributed by atoms with E-state index < -0.39 is 0 Å². The van der Waals surface area contributed by atoms with Crippen LogP contribution in [0.15, 0.2) is 24.3 Å². The summed E-state index contributed by atoms with van der Waals surface area (Å²) >= 11 is 0. The summed E-state index contributed by atoms with van der Waals surface area (Å²) in [7, 11) is 1.74. The molecule has 3 rings (SSSR count). The molecule has 1 unspecified atom stereocenters. The number of likely N-dealkylation sites (tertiary alicyclic amines) is 1. The minimum atomic E-state index is 0.619. The first-order chi connectivity index (χ1) is 10.4. The molecule has 0 saturated carbocycles. The van der Waals surface area contributed by atoms with Crippen molar-refractivity contribution in [2.24, 2.45) is 0 Å². The van der Waals surface area contributed by atoms with Gasteiger partial charge >= 0.3 is 0 Å². The van der Waals surface area contributed by atoms with Gasteiger partial charge < -0.3 is 14.8 Å². The first-order valence-corrected chi connectivity index (χ1v) is 8.04. The third kappa shape index (κ3) is 3.76. The van der Waals surface area contributed by atoms with Gasteiger partial charge in [-0.15, -0.1) is 0 Å². The molecule has 2 heterocycles. The van der Waals surface area contributed by atoms with E-state index in [4.69, 9.17) is 9.47 Å². The number of hydrogen-bond donors (Lipinski definition) is 1. The van der Waals surface area contributed by atoms with Crippen LogP contribution in [0.5, 0.6) is 5.75 Å². The summed E-state index contributed by atoms with van der Waals surface area (Å²) in [5, 5.41) is 3.69. The Hall–Kier alpha value is -1.10. The van der Waals surface area contributed by atoms with Crippen molar-refractivity contribution < 1.29 is 9.47 Å². The molecule has 0 bridgehead atoms. The van der Waals surface area contributed by atoms with Gasteiger partial charge in [-0.05, 0) is 25.3 Å². The molecule has 4 nitrogen and oxygen atoms in total. The van der Waals surface area contributed by atoms with Crippen LogP contribution in [0.1, 0.15) is 24.8 Å². The largest absolute Gasteiger partial charge is 0.496 e. The lowest BCUT2D eigenvalue weighted by Crippen LogP contribution is -2.46. The van der Waals surface area contributed by atoms with E-state index in [2.05, 4.69) is 22.3 Å². The summed E-state index contributed by atoms with van der Waals surface area (Å²) in [4.78, 5) is 2.61. The van der Waals surface area contributed by atoms with Crippen molar-refractivity contribution in [3.8, 4) is 5.75 Å². The minimum absolute atomic E-state index is 0.619. The van der Waals surface area contributed by atoms with Crippen LogP contribution in [0, 0.1) is 0 Å². The predicted octanol–water partition coefficient (Wildman–Crippen LogP) is 2.04. The number of piperidine rings is 1. The maximum Gasteiger partial charge on any atom is 0.123 e. The van der Waals surface area contributed by atoms with Crippen LogP contribution >= 0.6 is 0 Å². The fourth-order valence-corrected chi connectivity index (χ4v) is 3.38. The van der Waals surface area contributed by atoms with Crippen LogP contribution < -0.4 is 10.1 Å². The molecule has 1 aromatic rings. The summed E-state index contributed by atoms with van der Waals surface area (Å²) in [6.07, 6.45) is 3.66. The number of para-hydroxylation sites is 1. The van der Waals surface area contributed by atoms with Crippen molar-refractivity contribution in [3.63, 3.8) is 0 Å². The molecule has 2 aliphatic heterocycles. The highest BCUT2D eigenvalue weighted by Gasteiger charge is 2.27. The number of ether oxygens (including phenoxy) is 2. The SMILES string of the molecule is COc1ccccc1CNC1CCN(C2CCOC2)CC1. The number of benzene rings is 1. The van der Waals surface area contributed by atoms with E-state index >= 15 is 0 Å². The van der Waals surface area contributed by atoms with E-state index in [-0.39, 0.29) is 0 Å². The Labute approximate surface area is 127 Å². The standard InChI is InChI=1S/C17H26N2O2/c1-20-17-5-3-2-4-14(17)12-18-15-6-9-19(10-7-15)16-8-11-21-13-16/h2-5,15-16,18H,6-13H2,1H3. The molecule has 0 radical (unpaired) electrons. The van der Waals surface area contributed by atoms with E-state index in [0.717, 1.165) is 25.5 Å². The lowest BCUT2D eigenvalue weighted by Gasteiger charge is -2.35. The van der Waals surface area contributed by atoms with Gasteiger partial charge in [0.25, 0.3) is 0 Å². The molecule has 116 valence electrons. The van der Waals surface area contributed by atoms with Gasteiger partial charge in [0, 0.05) is 43.9 Å². The summed E-state index contributed by atoms with van der Waals surface area (Å²) < 4.78 is 10.9. The van der Waals surface area contributed by atoms with Gasteiger partial charge in [0.05, 0.1) is 13.7 Å². The Morgan fingerprint density at radius 2 is 2.05 bits per heavy atom. The van der Waals surface area contributed by atoms with Crippen molar-refractivity contribution in [1.29, 1.82) is 0 Å². The number of methoxy groups -OCH3 is 1. The average Bonchev–Trinajstić information content (AvgIpc) is 3.08. The lowest BCUT2D eigenvalue weighted by molar-refractivity contribution is 0.117. The fraction of sp³-hybridized carbons (Fsp3) is 0.647. The number of rotatable bonds is 5. The van der Waals surface area contributed by atoms with E-state index in [1.165, 1.54) is 37.9 Å².